The monoisotopic (exact) mass is 384 g/mol. The molecule has 1 saturated heterocycles. The highest BCUT2D eigenvalue weighted by atomic mass is 32.2. The lowest BCUT2D eigenvalue weighted by Crippen LogP contribution is -2.48. The Hall–Kier alpha value is -1.81. The van der Waals surface area contributed by atoms with Gasteiger partial charge in [-0.1, -0.05) is 0 Å². The van der Waals surface area contributed by atoms with Crippen molar-refractivity contribution in [2.75, 3.05) is 26.2 Å². The van der Waals surface area contributed by atoms with Gasteiger partial charge < -0.3 is 5.11 Å². The fourth-order valence-corrected chi connectivity index (χ4v) is 4.86. The minimum absolute atomic E-state index is 0.197. The number of halogens is 1. The Morgan fingerprint density at radius 3 is 2.52 bits per heavy atom. The topological polar surface area (TPSA) is 77.9 Å². The Morgan fingerprint density at radius 1 is 1.20 bits per heavy atom. The molecule has 0 spiro atoms. The van der Waals surface area contributed by atoms with Crippen molar-refractivity contribution in [2.24, 2.45) is 0 Å². The summed E-state index contributed by atoms with van der Waals surface area (Å²) in [6, 6.07) is 4.91. The molecule has 3 rings (SSSR count). The summed E-state index contributed by atoms with van der Waals surface area (Å²) in [6.07, 6.45) is 0. The summed E-state index contributed by atoms with van der Waals surface area (Å²) in [4.78, 5) is 13.0. The Morgan fingerprint density at radius 2 is 1.92 bits per heavy atom. The van der Waals surface area contributed by atoms with E-state index in [1.54, 1.807) is 11.3 Å². The third-order valence-electron chi connectivity index (χ3n) is 4.12. The van der Waals surface area contributed by atoms with Gasteiger partial charge in [0.1, 0.15) is 5.82 Å². The van der Waals surface area contributed by atoms with Crippen molar-refractivity contribution >= 4 is 27.3 Å². The van der Waals surface area contributed by atoms with Crippen LogP contribution in [0.15, 0.2) is 39.9 Å². The fourth-order valence-electron chi connectivity index (χ4n) is 2.75. The van der Waals surface area contributed by atoms with Crippen molar-refractivity contribution < 1.29 is 22.7 Å². The van der Waals surface area contributed by atoms with Gasteiger partial charge in [-0.15, -0.1) is 0 Å². The molecule has 0 radical (unpaired) electrons. The number of aromatic carboxylic acids is 1. The quantitative estimate of drug-likeness (QED) is 0.854. The van der Waals surface area contributed by atoms with Crippen molar-refractivity contribution in [3.05, 3.63) is 52.0 Å². The summed E-state index contributed by atoms with van der Waals surface area (Å²) in [6.45, 7) is 2.57. The fraction of sp³-hybridized carbons (Fsp3) is 0.312. The van der Waals surface area contributed by atoms with Crippen LogP contribution in [0.25, 0.3) is 0 Å². The highest BCUT2D eigenvalue weighted by molar-refractivity contribution is 7.89. The highest BCUT2D eigenvalue weighted by Gasteiger charge is 2.29. The van der Waals surface area contributed by atoms with Crippen LogP contribution in [0.3, 0.4) is 0 Å². The number of sulfonamides is 1. The maximum atomic E-state index is 13.5. The van der Waals surface area contributed by atoms with Crippen molar-refractivity contribution in [2.45, 2.75) is 11.4 Å². The number of carbonyl (C=O) groups is 1. The molecule has 2 heterocycles. The van der Waals surface area contributed by atoms with Gasteiger partial charge in [0.2, 0.25) is 10.0 Å². The zero-order valence-electron chi connectivity index (χ0n) is 13.3. The van der Waals surface area contributed by atoms with E-state index in [-0.39, 0.29) is 4.90 Å². The maximum absolute atomic E-state index is 13.5. The molecule has 1 aliphatic rings. The Labute approximate surface area is 149 Å². The van der Waals surface area contributed by atoms with Gasteiger partial charge in [-0.25, -0.2) is 17.6 Å². The Kier molecular flexibility index (Phi) is 5.19. The standard InChI is InChI=1S/C16H17FN2O4S2/c17-15-2-1-13(9-14(15)16(20)21)25(22,23)19-6-4-18(5-7-19)10-12-3-8-24-11-12/h1-3,8-9,11H,4-7,10H2,(H,20,21). The summed E-state index contributed by atoms with van der Waals surface area (Å²) in [5.74, 6) is -2.44. The second-order valence-electron chi connectivity index (χ2n) is 5.76. The minimum atomic E-state index is -3.84. The Bertz CT molecular complexity index is 860. The molecule has 25 heavy (non-hydrogen) atoms. The summed E-state index contributed by atoms with van der Waals surface area (Å²) < 4.78 is 40.2. The summed E-state index contributed by atoms with van der Waals surface area (Å²) in [5.41, 5.74) is 0.558. The number of rotatable bonds is 5. The van der Waals surface area contributed by atoms with E-state index in [4.69, 9.17) is 5.11 Å². The van der Waals surface area contributed by atoms with Gasteiger partial charge in [0, 0.05) is 32.7 Å². The van der Waals surface area contributed by atoms with Crippen LogP contribution in [-0.4, -0.2) is 54.9 Å². The first-order valence-electron chi connectivity index (χ1n) is 7.64. The molecular formula is C16H17FN2O4S2. The summed E-state index contributed by atoms with van der Waals surface area (Å²) in [5, 5.41) is 13.0. The highest BCUT2D eigenvalue weighted by Crippen LogP contribution is 2.21. The molecule has 6 nitrogen and oxygen atoms in total. The molecule has 0 bridgehead atoms. The summed E-state index contributed by atoms with van der Waals surface area (Å²) >= 11 is 1.62. The van der Waals surface area contributed by atoms with Gasteiger partial charge in [-0.05, 0) is 40.6 Å². The lowest BCUT2D eigenvalue weighted by molar-refractivity contribution is 0.0691. The van der Waals surface area contributed by atoms with Crippen molar-refractivity contribution in [1.82, 2.24) is 9.21 Å². The van der Waals surface area contributed by atoms with Gasteiger partial charge >= 0.3 is 5.97 Å². The molecule has 0 unspecified atom stereocenters. The molecule has 0 amide bonds. The molecule has 1 fully saturated rings. The van der Waals surface area contributed by atoms with Crippen LogP contribution in [0.2, 0.25) is 0 Å². The number of carboxylic acid groups (broad SMARTS) is 1. The largest absolute Gasteiger partial charge is 0.478 e. The van der Waals surface area contributed by atoms with Gasteiger partial charge in [0.05, 0.1) is 10.5 Å². The van der Waals surface area contributed by atoms with Crippen molar-refractivity contribution in [3.8, 4) is 0 Å². The second-order valence-corrected chi connectivity index (χ2v) is 8.48. The van der Waals surface area contributed by atoms with E-state index in [0.717, 1.165) is 24.7 Å². The third-order valence-corrected chi connectivity index (χ3v) is 6.75. The van der Waals surface area contributed by atoms with E-state index >= 15 is 0 Å². The number of hydrogen-bond acceptors (Lipinski definition) is 5. The van der Waals surface area contributed by atoms with E-state index in [1.807, 2.05) is 11.4 Å². The molecule has 0 aliphatic carbocycles. The van der Waals surface area contributed by atoms with Gasteiger partial charge in [0.15, 0.2) is 0 Å². The van der Waals surface area contributed by atoms with Gasteiger partial charge in [-0.2, -0.15) is 15.6 Å². The molecule has 1 N–H and O–H groups in total. The number of hydrogen-bond donors (Lipinski definition) is 1. The van der Waals surface area contributed by atoms with Gasteiger partial charge in [0.25, 0.3) is 0 Å². The van der Waals surface area contributed by atoms with Crippen molar-refractivity contribution in [3.63, 3.8) is 0 Å². The second kappa shape index (κ2) is 7.20. The normalized spacial score (nSPS) is 16.8. The molecule has 1 aromatic heterocycles. The van der Waals surface area contributed by atoms with Gasteiger partial charge in [-0.3, -0.25) is 4.90 Å². The number of carboxylic acids is 1. The van der Waals surface area contributed by atoms with E-state index in [2.05, 4.69) is 10.3 Å². The lowest BCUT2D eigenvalue weighted by Gasteiger charge is -2.33. The smallest absolute Gasteiger partial charge is 0.338 e. The number of piperazine rings is 1. The maximum Gasteiger partial charge on any atom is 0.338 e. The molecule has 1 aromatic carbocycles. The van der Waals surface area contributed by atoms with Crippen LogP contribution >= 0.6 is 11.3 Å². The average Bonchev–Trinajstić information content (AvgIpc) is 3.08. The molecule has 2 aromatic rings. The van der Waals surface area contributed by atoms with Crippen LogP contribution in [0.4, 0.5) is 4.39 Å². The number of thiophene rings is 1. The van der Waals surface area contributed by atoms with E-state index < -0.39 is 27.4 Å². The number of benzene rings is 1. The third kappa shape index (κ3) is 3.90. The SMILES string of the molecule is O=C(O)c1cc(S(=O)(=O)N2CCN(Cc3ccsc3)CC2)ccc1F. The van der Waals surface area contributed by atoms with E-state index in [0.29, 0.717) is 26.2 Å². The molecule has 0 saturated carbocycles. The molecule has 134 valence electrons. The predicted octanol–water partition coefficient (Wildman–Crippen LogP) is 2.09. The molecule has 9 heteroatoms. The zero-order valence-corrected chi connectivity index (χ0v) is 14.9. The predicted molar refractivity (Wildman–Crippen MR) is 91.7 cm³/mol. The first-order chi connectivity index (χ1) is 11.9. The Balaban J connectivity index is 1.71. The van der Waals surface area contributed by atoms with Crippen LogP contribution < -0.4 is 0 Å². The van der Waals surface area contributed by atoms with E-state index in [9.17, 15) is 17.6 Å². The van der Waals surface area contributed by atoms with Crippen LogP contribution in [0.1, 0.15) is 15.9 Å². The van der Waals surface area contributed by atoms with Crippen LogP contribution in [-0.2, 0) is 16.6 Å². The molecule has 1 aliphatic heterocycles. The number of nitrogens with zero attached hydrogens (tertiary/aromatic N) is 2. The first-order valence-corrected chi connectivity index (χ1v) is 10.0. The average molecular weight is 384 g/mol. The van der Waals surface area contributed by atoms with Crippen molar-refractivity contribution in [1.29, 1.82) is 0 Å². The summed E-state index contributed by atoms with van der Waals surface area (Å²) in [7, 11) is -3.84. The molecular weight excluding hydrogens is 367 g/mol. The van der Waals surface area contributed by atoms with Crippen LogP contribution in [0.5, 0.6) is 0 Å². The molecule has 0 atom stereocenters. The van der Waals surface area contributed by atoms with Crippen LogP contribution in [0, 0.1) is 5.82 Å². The lowest BCUT2D eigenvalue weighted by atomic mass is 10.2. The minimum Gasteiger partial charge on any atom is -0.478 e. The first kappa shape index (κ1) is 18.0. The zero-order chi connectivity index (χ0) is 18.0. The van der Waals surface area contributed by atoms with E-state index in [1.165, 1.54) is 9.87 Å².